The van der Waals surface area contributed by atoms with E-state index in [2.05, 4.69) is 10.2 Å². The van der Waals surface area contributed by atoms with Gasteiger partial charge in [0.1, 0.15) is 5.82 Å². The zero-order chi connectivity index (χ0) is 18.9. The van der Waals surface area contributed by atoms with Crippen LogP contribution in [-0.2, 0) is 11.3 Å². The Labute approximate surface area is 178 Å². The monoisotopic (exact) mass is 491 g/mol. The second kappa shape index (κ2) is 12.1. The van der Waals surface area contributed by atoms with Gasteiger partial charge in [-0.25, -0.2) is 4.39 Å². The van der Waals surface area contributed by atoms with E-state index in [0.29, 0.717) is 13.1 Å². The Morgan fingerprint density at radius 1 is 1.22 bits per heavy atom. The summed E-state index contributed by atoms with van der Waals surface area (Å²) >= 11 is 0. The summed E-state index contributed by atoms with van der Waals surface area (Å²) in [6.07, 6.45) is 0. The second-order valence-corrected chi connectivity index (χ2v) is 6.57. The summed E-state index contributed by atoms with van der Waals surface area (Å²) in [5.41, 5.74) is 1.04. The molecular weight excluding hydrogens is 460 g/mol. The third-order valence-electron chi connectivity index (χ3n) is 4.52. The molecule has 6 nitrogen and oxygen atoms in total. The van der Waals surface area contributed by atoms with Crippen molar-refractivity contribution >= 4 is 35.8 Å². The van der Waals surface area contributed by atoms with E-state index in [4.69, 9.17) is 4.99 Å². The van der Waals surface area contributed by atoms with Gasteiger partial charge in [0.2, 0.25) is 5.91 Å². The summed E-state index contributed by atoms with van der Waals surface area (Å²) in [5, 5.41) is 3.30. The molecule has 0 bridgehead atoms. The van der Waals surface area contributed by atoms with Gasteiger partial charge in [0.15, 0.2) is 5.96 Å². The van der Waals surface area contributed by atoms with Crippen molar-refractivity contribution in [3.8, 4) is 0 Å². The quantitative estimate of drug-likeness (QED) is 0.376. The lowest BCUT2D eigenvalue weighted by Gasteiger charge is -2.33. The van der Waals surface area contributed by atoms with Crippen LogP contribution < -0.4 is 5.32 Å². The van der Waals surface area contributed by atoms with E-state index in [1.165, 1.54) is 12.1 Å². The maximum Gasteiger partial charge on any atom is 0.219 e. The second-order valence-electron chi connectivity index (χ2n) is 6.57. The predicted molar refractivity (Wildman–Crippen MR) is 118 cm³/mol. The molecule has 0 saturated carbocycles. The Balaban J connectivity index is 0.00000364. The van der Waals surface area contributed by atoms with Gasteiger partial charge in [-0.2, -0.15) is 0 Å². The third kappa shape index (κ3) is 8.00. The minimum atomic E-state index is -0.221. The van der Waals surface area contributed by atoms with E-state index in [1.54, 1.807) is 19.1 Å². The number of guanidine groups is 1. The molecule has 1 saturated heterocycles. The summed E-state index contributed by atoms with van der Waals surface area (Å²) in [6, 6.07) is 6.55. The summed E-state index contributed by atoms with van der Waals surface area (Å²) < 4.78 is 13.0. The highest BCUT2D eigenvalue weighted by molar-refractivity contribution is 14.0. The number of benzene rings is 1. The Bertz CT molecular complexity index is 603. The molecule has 1 N–H and O–H groups in total. The van der Waals surface area contributed by atoms with Crippen LogP contribution in [0.25, 0.3) is 0 Å². The molecule has 1 fully saturated rings. The van der Waals surface area contributed by atoms with Crippen molar-refractivity contribution in [3.05, 3.63) is 35.6 Å². The van der Waals surface area contributed by atoms with Gasteiger partial charge >= 0.3 is 0 Å². The average molecular weight is 491 g/mol. The maximum atomic E-state index is 13.0. The molecule has 1 aromatic carbocycles. The average Bonchev–Trinajstić information content (AvgIpc) is 2.63. The lowest BCUT2D eigenvalue weighted by molar-refractivity contribution is -0.130. The van der Waals surface area contributed by atoms with Gasteiger partial charge in [-0.1, -0.05) is 12.1 Å². The minimum Gasteiger partial charge on any atom is -0.357 e. The Hall–Kier alpha value is -1.42. The van der Waals surface area contributed by atoms with Gasteiger partial charge in [0.05, 0.1) is 6.54 Å². The Morgan fingerprint density at radius 2 is 1.85 bits per heavy atom. The van der Waals surface area contributed by atoms with E-state index in [1.807, 2.05) is 23.8 Å². The first-order valence-electron chi connectivity index (χ1n) is 9.21. The van der Waals surface area contributed by atoms with Crippen LogP contribution in [0.1, 0.15) is 19.4 Å². The number of hydrogen-bond donors (Lipinski definition) is 1. The molecule has 152 valence electrons. The number of aliphatic imine (C=N–C) groups is 1. The van der Waals surface area contributed by atoms with Crippen molar-refractivity contribution in [1.82, 2.24) is 20.0 Å². The predicted octanol–water partition coefficient (Wildman–Crippen LogP) is 2.01. The van der Waals surface area contributed by atoms with E-state index in [0.717, 1.165) is 50.8 Å². The molecule has 8 heteroatoms. The zero-order valence-electron chi connectivity index (χ0n) is 16.4. The van der Waals surface area contributed by atoms with Crippen molar-refractivity contribution in [2.75, 3.05) is 52.9 Å². The van der Waals surface area contributed by atoms with Crippen LogP contribution in [0, 0.1) is 5.82 Å². The third-order valence-corrected chi connectivity index (χ3v) is 4.52. The smallest absolute Gasteiger partial charge is 0.219 e. The number of halogens is 2. The SMILES string of the molecule is CCNC(=NCCN1CCN(C(C)=O)CC1)N(C)Cc1ccc(F)cc1.I. The largest absolute Gasteiger partial charge is 0.357 e. The standard InChI is InChI=1S/C19H30FN5O.HI/c1-4-21-19(23(3)15-17-5-7-18(20)8-6-17)22-9-10-24-11-13-25(14-12-24)16(2)26;/h5-8H,4,9-15H2,1-3H3,(H,21,22);1H. The number of carbonyl (C=O) groups is 1. The first kappa shape index (κ1) is 23.6. The van der Waals surface area contributed by atoms with Crippen LogP contribution in [0.5, 0.6) is 0 Å². The normalized spacial score (nSPS) is 15.3. The first-order valence-corrected chi connectivity index (χ1v) is 9.21. The fourth-order valence-electron chi connectivity index (χ4n) is 2.99. The highest BCUT2D eigenvalue weighted by Gasteiger charge is 2.18. The van der Waals surface area contributed by atoms with Gasteiger partial charge in [-0.15, -0.1) is 24.0 Å². The van der Waals surface area contributed by atoms with Crippen molar-refractivity contribution in [2.45, 2.75) is 20.4 Å². The van der Waals surface area contributed by atoms with Crippen LogP contribution in [0.15, 0.2) is 29.3 Å². The molecule has 1 aliphatic heterocycles. The molecule has 27 heavy (non-hydrogen) atoms. The zero-order valence-corrected chi connectivity index (χ0v) is 18.8. The summed E-state index contributed by atoms with van der Waals surface area (Å²) in [4.78, 5) is 22.4. The summed E-state index contributed by atoms with van der Waals surface area (Å²) in [5.74, 6) is 0.778. The lowest BCUT2D eigenvalue weighted by Crippen LogP contribution is -2.48. The molecular formula is C19H31FIN5O. The number of nitrogens with one attached hydrogen (secondary N) is 1. The lowest BCUT2D eigenvalue weighted by atomic mass is 10.2. The van der Waals surface area contributed by atoms with Crippen molar-refractivity contribution < 1.29 is 9.18 Å². The minimum absolute atomic E-state index is 0. The molecule has 1 aliphatic rings. The molecule has 1 aromatic rings. The van der Waals surface area contributed by atoms with E-state index in [9.17, 15) is 9.18 Å². The summed E-state index contributed by atoms with van der Waals surface area (Å²) in [6.45, 7) is 10.1. The summed E-state index contributed by atoms with van der Waals surface area (Å²) in [7, 11) is 1.98. The fourth-order valence-corrected chi connectivity index (χ4v) is 2.99. The Kier molecular flexibility index (Phi) is 10.6. The number of rotatable bonds is 6. The molecule has 0 aliphatic carbocycles. The van der Waals surface area contributed by atoms with Crippen molar-refractivity contribution in [3.63, 3.8) is 0 Å². The molecule has 2 rings (SSSR count). The van der Waals surface area contributed by atoms with Crippen LogP contribution >= 0.6 is 24.0 Å². The number of nitrogens with zero attached hydrogens (tertiary/aromatic N) is 4. The molecule has 1 amide bonds. The van der Waals surface area contributed by atoms with E-state index >= 15 is 0 Å². The number of hydrogen-bond acceptors (Lipinski definition) is 3. The van der Waals surface area contributed by atoms with Gasteiger partial charge < -0.3 is 15.1 Å². The number of amides is 1. The van der Waals surface area contributed by atoms with Crippen molar-refractivity contribution in [1.29, 1.82) is 0 Å². The van der Waals surface area contributed by atoms with Gasteiger partial charge in [-0.05, 0) is 24.6 Å². The van der Waals surface area contributed by atoms with Gasteiger partial charge in [-0.3, -0.25) is 14.7 Å². The maximum absolute atomic E-state index is 13.0. The fraction of sp³-hybridized carbons (Fsp3) is 0.579. The van der Waals surface area contributed by atoms with Crippen molar-refractivity contribution in [2.24, 2.45) is 4.99 Å². The molecule has 0 aromatic heterocycles. The first-order chi connectivity index (χ1) is 12.5. The molecule has 0 atom stereocenters. The van der Waals surface area contributed by atoms with Crippen LogP contribution in [0.2, 0.25) is 0 Å². The number of piperazine rings is 1. The van der Waals surface area contributed by atoms with Crippen LogP contribution in [-0.4, -0.2) is 79.4 Å². The van der Waals surface area contributed by atoms with Crippen LogP contribution in [0.3, 0.4) is 0 Å². The van der Waals surface area contributed by atoms with Gasteiger partial charge in [0, 0.05) is 59.8 Å². The molecule has 1 heterocycles. The molecule has 0 radical (unpaired) electrons. The number of carbonyl (C=O) groups excluding carboxylic acids is 1. The van der Waals surface area contributed by atoms with E-state index in [-0.39, 0.29) is 35.7 Å². The van der Waals surface area contributed by atoms with Crippen LogP contribution in [0.4, 0.5) is 4.39 Å². The highest BCUT2D eigenvalue weighted by atomic mass is 127. The molecule has 0 spiro atoms. The topological polar surface area (TPSA) is 51.2 Å². The Morgan fingerprint density at radius 3 is 2.41 bits per heavy atom. The van der Waals surface area contributed by atoms with Gasteiger partial charge in [0.25, 0.3) is 0 Å². The highest BCUT2D eigenvalue weighted by Crippen LogP contribution is 2.06. The van der Waals surface area contributed by atoms with E-state index < -0.39 is 0 Å². The molecule has 0 unspecified atom stereocenters.